The van der Waals surface area contributed by atoms with Crippen molar-refractivity contribution in [1.82, 2.24) is 74.1 Å². The van der Waals surface area contributed by atoms with E-state index in [1.165, 1.54) is 34.6 Å². The van der Waals surface area contributed by atoms with E-state index in [9.17, 15) is 102 Å². The van der Waals surface area contributed by atoms with Crippen molar-refractivity contribution in [2.45, 2.75) is 230 Å². The van der Waals surface area contributed by atoms with Crippen LogP contribution >= 0.6 is 0 Å². The number of carbonyl (C=O) groups is 16. The number of benzene rings is 1. The van der Waals surface area contributed by atoms with E-state index < -0.39 is 211 Å². The summed E-state index contributed by atoms with van der Waals surface area (Å²) in [5, 5.41) is 82.3. The molecule has 0 radical (unpaired) electrons. The number of hydrogen-bond acceptors (Lipinski definition) is 23. The number of nitrogens with two attached hydrogens (primary N) is 8. The van der Waals surface area contributed by atoms with Crippen LogP contribution in [-0.4, -0.2) is 267 Å². The Labute approximate surface area is 668 Å². The molecule has 1 aromatic heterocycles. The van der Waals surface area contributed by atoms with Crippen LogP contribution in [0.2, 0.25) is 0 Å². The molecule has 0 saturated carbocycles. The van der Waals surface area contributed by atoms with Crippen molar-refractivity contribution >= 4 is 123 Å². The number of guanidine groups is 3. The molecular weight excluding hydrogens is 1530 g/mol. The lowest BCUT2D eigenvalue weighted by molar-refractivity contribution is -0.142. The molecule has 0 unspecified atom stereocenters. The van der Waals surface area contributed by atoms with Gasteiger partial charge in [-0.1, -0.05) is 45.9 Å². The average Bonchev–Trinajstić information content (AvgIpc) is 1.58. The number of aliphatic imine (C=N–C) groups is 3. The summed E-state index contributed by atoms with van der Waals surface area (Å²) in [5.41, 5.74) is 45.3. The molecule has 0 fully saturated rings. The molecule has 0 spiro atoms. The Morgan fingerprint density at radius 1 is 0.414 bits per heavy atom. The number of nitrogens with zero attached hydrogens (tertiary/aromatic N) is 3. The predicted octanol–water partition coefficient (Wildman–Crippen LogP) is -9.20. The average molecular weight is 1640 g/mol. The van der Waals surface area contributed by atoms with Gasteiger partial charge in [0, 0.05) is 43.2 Å². The van der Waals surface area contributed by atoms with Gasteiger partial charge in [-0.25, -0.2) is 4.79 Å². The first-order valence-corrected chi connectivity index (χ1v) is 37.5. The van der Waals surface area contributed by atoms with E-state index >= 15 is 0 Å². The molecule has 46 nitrogen and oxygen atoms in total. The maximum absolute atomic E-state index is 14.2. The molecule has 0 saturated heterocycles. The lowest BCUT2D eigenvalue weighted by Crippen LogP contribution is -2.62. The van der Waals surface area contributed by atoms with Gasteiger partial charge in [0.25, 0.3) is 0 Å². The number of carboxylic acids is 3. The van der Waals surface area contributed by atoms with Crippen molar-refractivity contribution in [2.24, 2.45) is 72.7 Å². The van der Waals surface area contributed by atoms with Crippen LogP contribution in [0.3, 0.4) is 0 Å². The molecule has 15 atom stereocenters. The molecule has 46 heteroatoms. The smallest absolute Gasteiger partial charge is 0.326 e. The van der Waals surface area contributed by atoms with Gasteiger partial charge in [-0.15, -0.1) is 0 Å². The lowest BCUT2D eigenvalue weighted by atomic mass is 10.00. The highest BCUT2D eigenvalue weighted by molar-refractivity contribution is 6.01. The molecule has 116 heavy (non-hydrogen) atoms. The summed E-state index contributed by atoms with van der Waals surface area (Å²) in [5.74, 6) is -20.2. The number of aliphatic hydroxyl groups is 2. The highest BCUT2D eigenvalue weighted by Gasteiger charge is 2.39. The number of H-pyrrole nitrogens is 1. The molecule has 35 N–H and O–H groups in total. The normalized spacial score (nSPS) is 15.0. The van der Waals surface area contributed by atoms with E-state index in [-0.39, 0.29) is 121 Å². The Kier molecular flexibility index (Phi) is 43.9. The number of aromatic amines is 1. The molecule has 0 bridgehead atoms. The molecule has 0 aliphatic carbocycles. The zero-order valence-corrected chi connectivity index (χ0v) is 66.2. The monoisotopic (exact) mass is 1640 g/mol. The Morgan fingerprint density at radius 2 is 0.784 bits per heavy atom. The summed E-state index contributed by atoms with van der Waals surface area (Å²) in [6.45, 7) is 9.95. The number of carboxylic acid groups (broad SMARTS) is 3. The first-order valence-electron chi connectivity index (χ1n) is 37.5. The van der Waals surface area contributed by atoms with Gasteiger partial charge in [0.05, 0.1) is 31.6 Å². The van der Waals surface area contributed by atoms with Gasteiger partial charge >= 0.3 is 17.9 Å². The number of fused-ring (bicyclic) bond motifs is 1. The molecular formula is C70H117N25O21. The van der Waals surface area contributed by atoms with Gasteiger partial charge in [0.15, 0.2) is 17.9 Å². The summed E-state index contributed by atoms with van der Waals surface area (Å²) in [6.07, 6.45) is -2.63. The van der Waals surface area contributed by atoms with Gasteiger partial charge < -0.3 is 146 Å². The van der Waals surface area contributed by atoms with Gasteiger partial charge in [-0.05, 0) is 122 Å². The van der Waals surface area contributed by atoms with Crippen molar-refractivity contribution in [2.75, 3.05) is 32.8 Å². The van der Waals surface area contributed by atoms with Crippen LogP contribution in [0.25, 0.3) is 10.9 Å². The maximum atomic E-state index is 14.2. The number of unbranched alkanes of at least 4 members (excludes halogenated alkanes) is 1. The van der Waals surface area contributed by atoms with Gasteiger partial charge in [0.2, 0.25) is 76.8 Å². The van der Waals surface area contributed by atoms with Gasteiger partial charge in [-0.2, -0.15) is 0 Å². The van der Waals surface area contributed by atoms with Crippen LogP contribution in [0.1, 0.15) is 138 Å². The van der Waals surface area contributed by atoms with Crippen LogP contribution in [-0.2, 0) is 83.1 Å². The second-order valence-corrected chi connectivity index (χ2v) is 28.3. The van der Waals surface area contributed by atoms with Crippen LogP contribution in [0, 0.1) is 11.8 Å². The second kappa shape index (κ2) is 50.9. The Hall–Kier alpha value is -12.1. The zero-order chi connectivity index (χ0) is 87.8. The number of para-hydroxylation sites is 1. The fraction of sp³-hybridized carbons (Fsp3) is 0.614. The lowest BCUT2D eigenvalue weighted by Gasteiger charge is -2.29. The van der Waals surface area contributed by atoms with E-state index in [2.05, 4.69) is 89.1 Å². The van der Waals surface area contributed by atoms with Crippen LogP contribution in [0.5, 0.6) is 0 Å². The van der Waals surface area contributed by atoms with E-state index in [1.54, 1.807) is 44.3 Å². The van der Waals surface area contributed by atoms with Crippen molar-refractivity contribution in [3.05, 3.63) is 36.0 Å². The Bertz CT molecular complexity index is 3790. The summed E-state index contributed by atoms with van der Waals surface area (Å²) in [4.78, 5) is 231. The van der Waals surface area contributed by atoms with E-state index in [1.807, 2.05) is 0 Å². The van der Waals surface area contributed by atoms with Crippen molar-refractivity contribution < 1.29 is 102 Å². The third-order valence-corrected chi connectivity index (χ3v) is 17.5. The van der Waals surface area contributed by atoms with Crippen LogP contribution < -0.4 is 115 Å². The quantitative estimate of drug-likeness (QED) is 0.0166. The number of amides is 13. The predicted molar refractivity (Wildman–Crippen MR) is 420 cm³/mol. The molecule has 648 valence electrons. The standard InChI is InChI=1S/C70H117N25O21/c1-32(2)26-46(91-57(105)40(72)28-50(98)99)62(110)86-44(20-14-24-80-69(75)76)60(108)94-52(33(3)4)65(113)92-48(29-51(100)101)63(111)95-53(37(8)97)66(114)88-42(18-11-12-22-71)59(107)93-49(31-96)64(112)87-43(19-13-23-79-68(73)74)58(106)84-34(5)54(102)83-35(6)56(104)90-47(27-38-30-82-41-17-10-9-16-39(38)41)61(109)85-36(7)55(103)89-45(67(115)116)21-15-25-81-70(77)78/h9-10,16-17,30,32-37,40,42-49,52-53,82,96-97H,11-15,18-29,31,71-72H2,1-8H3,(H,83,102)(H,84,106)(H,85,109)(H,86,110)(H,87,112)(H,88,114)(H,89,103)(H,90,104)(H,91,105)(H,92,113)(H,93,107)(H,94,108)(H,95,111)(H,98,99)(H,100,101)(H,115,116)(H4,73,74,79)(H4,75,76,80)(H4,77,78,81)/t34-,35-,36-,37+,40-,42-,43-,44-,45-,46-,47-,48-,49-,52-,53-/m0/s1. The minimum Gasteiger partial charge on any atom is -0.481 e. The SMILES string of the molecule is CC(C)C[C@H](NC(=O)[C@@H](N)CC(=O)O)C(=O)N[C@@H](CCCN=C(N)N)C(=O)N[C@H](C(=O)N[C@@H](CC(=O)O)C(=O)N[C@H](C(=O)N[C@@H](CCCCN)C(=O)N[C@@H](CO)C(=O)N[C@@H](CCCN=C(N)N)C(=O)N[C@@H](C)C(=O)N[C@@H](C)C(=O)N[C@@H](Cc1c[nH]c2ccccc12)C(=O)N[C@@H](C)C(=O)N[C@@H](CCCN=C(N)N)C(=O)O)[C@@H](C)O)C(C)C. The summed E-state index contributed by atoms with van der Waals surface area (Å²) in [7, 11) is 0. The Morgan fingerprint density at radius 3 is 1.25 bits per heavy atom. The van der Waals surface area contributed by atoms with E-state index in [0.29, 0.717) is 16.5 Å². The number of hydrogen-bond donors (Lipinski definition) is 27. The molecule has 2 aromatic rings. The summed E-state index contributed by atoms with van der Waals surface area (Å²) in [6, 6.07) is -15.4. The second-order valence-electron chi connectivity index (χ2n) is 28.3. The van der Waals surface area contributed by atoms with Crippen molar-refractivity contribution in [3.63, 3.8) is 0 Å². The first kappa shape index (κ1) is 100. The molecule has 1 heterocycles. The van der Waals surface area contributed by atoms with Crippen LogP contribution in [0.15, 0.2) is 45.4 Å². The molecule has 0 aliphatic heterocycles. The topological polar surface area (TPSA) is 792 Å². The fourth-order valence-corrected chi connectivity index (χ4v) is 11.2. The van der Waals surface area contributed by atoms with Gasteiger partial charge in [0.1, 0.15) is 78.5 Å². The number of aromatic nitrogens is 1. The van der Waals surface area contributed by atoms with Crippen LogP contribution in [0.4, 0.5) is 0 Å². The first-order chi connectivity index (χ1) is 54.4. The minimum atomic E-state index is -2.07. The van der Waals surface area contributed by atoms with E-state index in [0.717, 1.165) is 6.92 Å². The number of carbonyl (C=O) groups excluding carboxylic acids is 13. The van der Waals surface area contributed by atoms with Crippen molar-refractivity contribution in [3.8, 4) is 0 Å². The molecule has 1 aromatic carbocycles. The number of nitrogens with one attached hydrogen (secondary N) is 14. The maximum Gasteiger partial charge on any atom is 0.326 e. The number of aliphatic carboxylic acids is 3. The summed E-state index contributed by atoms with van der Waals surface area (Å²) < 4.78 is 0. The number of aliphatic hydroxyl groups excluding tert-OH is 2. The zero-order valence-electron chi connectivity index (χ0n) is 66.2. The summed E-state index contributed by atoms with van der Waals surface area (Å²) >= 11 is 0. The van der Waals surface area contributed by atoms with Crippen molar-refractivity contribution in [1.29, 1.82) is 0 Å². The molecule has 13 amide bonds. The third kappa shape index (κ3) is 36.8. The largest absolute Gasteiger partial charge is 0.481 e. The fourth-order valence-electron chi connectivity index (χ4n) is 11.2. The highest BCUT2D eigenvalue weighted by Crippen LogP contribution is 2.20. The van der Waals surface area contributed by atoms with Gasteiger partial charge in [-0.3, -0.25) is 86.9 Å². The third-order valence-electron chi connectivity index (χ3n) is 17.5. The minimum absolute atomic E-state index is 0.0158. The molecule has 0 aliphatic rings. The number of rotatable bonds is 54. The Balaban J connectivity index is 2.40. The highest BCUT2D eigenvalue weighted by atomic mass is 16.4. The van der Waals surface area contributed by atoms with E-state index in [4.69, 9.17) is 45.9 Å². The molecule has 2 rings (SSSR count).